The van der Waals surface area contributed by atoms with Crippen LogP contribution in [0.3, 0.4) is 0 Å². The minimum absolute atomic E-state index is 0.902. The average molecular weight is 268 g/mol. The lowest BCUT2D eigenvalue weighted by atomic mass is 10.1. The Morgan fingerprint density at radius 2 is 2.11 bits per heavy atom. The molecule has 0 amide bonds. The van der Waals surface area contributed by atoms with E-state index in [1.807, 2.05) is 18.8 Å². The lowest BCUT2D eigenvalue weighted by Gasteiger charge is -2.12. The number of nitrogens with zero attached hydrogens (tertiary/aromatic N) is 1. The van der Waals surface area contributed by atoms with E-state index in [9.17, 15) is 0 Å². The fraction of sp³-hybridized carbons (Fsp3) is 0.571. The highest BCUT2D eigenvalue weighted by Gasteiger charge is 2.04. The summed E-state index contributed by atoms with van der Waals surface area (Å²) in [5, 5.41) is 3.18. The molecule has 0 atom stereocenters. The minimum atomic E-state index is 0.902. The summed E-state index contributed by atoms with van der Waals surface area (Å²) >= 11 is 1.95. The Kier molecular flexibility index (Phi) is 7.16. The Morgan fingerprint density at radius 3 is 2.72 bits per heavy atom. The summed E-state index contributed by atoms with van der Waals surface area (Å²) < 4.78 is 5.41. The number of thioether (sulfide) groups is 1. The molecule has 4 heteroatoms. The van der Waals surface area contributed by atoms with Crippen molar-refractivity contribution in [1.82, 2.24) is 10.2 Å². The zero-order valence-electron chi connectivity index (χ0n) is 11.8. The number of hydrogen-bond acceptors (Lipinski definition) is 4. The molecule has 0 saturated heterocycles. The molecule has 3 nitrogen and oxygen atoms in total. The Morgan fingerprint density at radius 1 is 1.33 bits per heavy atom. The van der Waals surface area contributed by atoms with Gasteiger partial charge in [-0.1, -0.05) is 6.07 Å². The van der Waals surface area contributed by atoms with Crippen LogP contribution in [0.4, 0.5) is 0 Å². The van der Waals surface area contributed by atoms with Crippen LogP contribution in [0, 0.1) is 0 Å². The molecule has 1 rings (SSSR count). The van der Waals surface area contributed by atoms with Gasteiger partial charge >= 0.3 is 0 Å². The smallest absolute Gasteiger partial charge is 0.122 e. The Balaban J connectivity index is 2.57. The fourth-order valence-corrected chi connectivity index (χ4v) is 2.77. The highest BCUT2D eigenvalue weighted by atomic mass is 32.2. The Labute approximate surface area is 115 Å². The second-order valence-corrected chi connectivity index (χ2v) is 5.64. The van der Waals surface area contributed by atoms with Crippen LogP contribution < -0.4 is 10.1 Å². The van der Waals surface area contributed by atoms with Gasteiger partial charge in [-0.2, -0.15) is 11.8 Å². The Bertz CT molecular complexity index is 356. The normalized spacial score (nSPS) is 10.9. The molecule has 0 unspecified atom stereocenters. The molecule has 0 aromatic heterocycles. The van der Waals surface area contributed by atoms with Gasteiger partial charge in [-0.05, 0) is 38.8 Å². The van der Waals surface area contributed by atoms with Crippen molar-refractivity contribution >= 4 is 11.8 Å². The zero-order chi connectivity index (χ0) is 13.4. The van der Waals surface area contributed by atoms with Crippen molar-refractivity contribution in [3.63, 3.8) is 0 Å². The summed E-state index contributed by atoms with van der Waals surface area (Å²) in [5.74, 6) is 3.15. The molecular weight excluding hydrogens is 244 g/mol. The van der Waals surface area contributed by atoms with Crippen LogP contribution in [0.15, 0.2) is 18.2 Å². The van der Waals surface area contributed by atoms with Gasteiger partial charge in [0.05, 0.1) is 7.11 Å². The number of methoxy groups -OCH3 is 1. The van der Waals surface area contributed by atoms with Crippen molar-refractivity contribution < 1.29 is 4.74 Å². The van der Waals surface area contributed by atoms with Crippen molar-refractivity contribution in [3.05, 3.63) is 29.3 Å². The summed E-state index contributed by atoms with van der Waals surface area (Å²) in [6, 6.07) is 6.41. The second kappa shape index (κ2) is 8.40. The highest BCUT2D eigenvalue weighted by molar-refractivity contribution is 7.98. The summed E-state index contributed by atoms with van der Waals surface area (Å²) in [6.07, 6.45) is 0. The Hall–Kier alpha value is -0.710. The van der Waals surface area contributed by atoms with Gasteiger partial charge in [0, 0.05) is 30.2 Å². The standard InChI is InChI=1S/C14H24N2OS/c1-15-10-12-5-6-14(17-4)13(9-12)11-18-8-7-16(2)3/h5-6,9,15H,7-8,10-11H2,1-4H3. The second-order valence-electron chi connectivity index (χ2n) is 4.53. The SMILES string of the molecule is CNCc1ccc(OC)c(CSCCN(C)C)c1. The van der Waals surface area contributed by atoms with Crippen LogP contribution >= 0.6 is 11.8 Å². The third kappa shape index (κ3) is 5.29. The molecule has 0 aliphatic rings. The maximum atomic E-state index is 5.41. The molecule has 0 radical (unpaired) electrons. The molecule has 0 heterocycles. The van der Waals surface area contributed by atoms with Crippen molar-refractivity contribution in [2.75, 3.05) is 40.6 Å². The molecular formula is C14H24N2OS. The number of ether oxygens (including phenoxy) is 1. The summed E-state index contributed by atoms with van der Waals surface area (Å²) in [7, 11) is 7.92. The third-order valence-electron chi connectivity index (χ3n) is 2.67. The van der Waals surface area contributed by atoms with Gasteiger partial charge in [-0.3, -0.25) is 0 Å². The van der Waals surface area contributed by atoms with E-state index in [2.05, 4.69) is 42.5 Å². The van der Waals surface area contributed by atoms with Gasteiger partial charge in [0.15, 0.2) is 0 Å². The first-order valence-corrected chi connectivity index (χ1v) is 7.35. The van der Waals surface area contributed by atoms with E-state index in [4.69, 9.17) is 4.74 Å². The van der Waals surface area contributed by atoms with Crippen molar-refractivity contribution in [2.24, 2.45) is 0 Å². The predicted octanol–water partition coefficient (Wildman–Crippen LogP) is 2.21. The first kappa shape index (κ1) is 15.3. The lowest BCUT2D eigenvalue weighted by molar-refractivity contribution is 0.411. The molecule has 1 N–H and O–H groups in total. The molecule has 0 saturated carbocycles. The summed E-state index contributed by atoms with van der Waals surface area (Å²) in [6.45, 7) is 2.02. The van der Waals surface area contributed by atoms with Crippen molar-refractivity contribution in [2.45, 2.75) is 12.3 Å². The summed E-state index contributed by atoms with van der Waals surface area (Å²) in [4.78, 5) is 2.21. The van der Waals surface area contributed by atoms with Gasteiger partial charge in [0.25, 0.3) is 0 Å². The molecule has 18 heavy (non-hydrogen) atoms. The third-order valence-corrected chi connectivity index (χ3v) is 3.65. The van der Waals surface area contributed by atoms with Crippen molar-refractivity contribution in [3.8, 4) is 5.75 Å². The van der Waals surface area contributed by atoms with E-state index >= 15 is 0 Å². The molecule has 0 spiro atoms. The number of nitrogens with one attached hydrogen (secondary N) is 1. The highest BCUT2D eigenvalue weighted by Crippen LogP contribution is 2.24. The predicted molar refractivity (Wildman–Crippen MR) is 80.5 cm³/mol. The maximum absolute atomic E-state index is 5.41. The van der Waals surface area contributed by atoms with Gasteiger partial charge < -0.3 is 15.0 Å². The topological polar surface area (TPSA) is 24.5 Å². The van der Waals surface area contributed by atoms with Crippen LogP contribution in [0.25, 0.3) is 0 Å². The van der Waals surface area contributed by atoms with Crippen LogP contribution in [0.5, 0.6) is 5.75 Å². The van der Waals surface area contributed by atoms with E-state index in [0.717, 1.165) is 30.3 Å². The van der Waals surface area contributed by atoms with Gasteiger partial charge in [0.2, 0.25) is 0 Å². The number of benzene rings is 1. The van der Waals surface area contributed by atoms with Crippen LogP contribution in [-0.2, 0) is 12.3 Å². The molecule has 1 aromatic carbocycles. The monoisotopic (exact) mass is 268 g/mol. The molecule has 0 bridgehead atoms. The molecule has 0 fully saturated rings. The first-order chi connectivity index (χ1) is 8.67. The first-order valence-electron chi connectivity index (χ1n) is 6.20. The van der Waals surface area contributed by atoms with E-state index in [1.54, 1.807) is 7.11 Å². The lowest BCUT2D eigenvalue weighted by Crippen LogP contribution is -2.14. The van der Waals surface area contributed by atoms with E-state index in [1.165, 1.54) is 11.1 Å². The summed E-state index contributed by atoms with van der Waals surface area (Å²) in [5.41, 5.74) is 2.59. The van der Waals surface area contributed by atoms with E-state index in [0.29, 0.717) is 0 Å². The average Bonchev–Trinajstić information content (AvgIpc) is 2.35. The number of rotatable bonds is 8. The zero-order valence-corrected chi connectivity index (χ0v) is 12.6. The number of hydrogen-bond donors (Lipinski definition) is 1. The fourth-order valence-electron chi connectivity index (χ4n) is 1.69. The largest absolute Gasteiger partial charge is 0.496 e. The molecule has 0 aliphatic carbocycles. The van der Waals surface area contributed by atoms with Crippen LogP contribution in [0.2, 0.25) is 0 Å². The quantitative estimate of drug-likeness (QED) is 0.731. The molecule has 102 valence electrons. The van der Waals surface area contributed by atoms with Gasteiger partial charge in [0.1, 0.15) is 5.75 Å². The van der Waals surface area contributed by atoms with Gasteiger partial charge in [-0.25, -0.2) is 0 Å². The van der Waals surface area contributed by atoms with Crippen molar-refractivity contribution in [1.29, 1.82) is 0 Å². The maximum Gasteiger partial charge on any atom is 0.122 e. The van der Waals surface area contributed by atoms with Gasteiger partial charge in [-0.15, -0.1) is 0 Å². The minimum Gasteiger partial charge on any atom is -0.496 e. The molecule has 0 aliphatic heterocycles. The van der Waals surface area contributed by atoms with E-state index in [-0.39, 0.29) is 0 Å². The van der Waals surface area contributed by atoms with E-state index < -0.39 is 0 Å². The van der Waals surface area contributed by atoms with Crippen LogP contribution in [0.1, 0.15) is 11.1 Å². The molecule has 1 aromatic rings. The van der Waals surface area contributed by atoms with Crippen LogP contribution in [-0.4, -0.2) is 45.5 Å².